The molecule has 7 nitrogen and oxygen atoms in total. The Morgan fingerprint density at radius 2 is 1.50 bits per heavy atom. The molecule has 3 rings (SSSR count). The number of methoxy groups -OCH3 is 4. The molecule has 0 aliphatic carbocycles. The van der Waals surface area contributed by atoms with Gasteiger partial charge in [-0.1, -0.05) is 18.2 Å². The zero-order valence-electron chi connectivity index (χ0n) is 18.1. The van der Waals surface area contributed by atoms with Gasteiger partial charge in [0.1, 0.15) is 0 Å². The van der Waals surface area contributed by atoms with E-state index in [-0.39, 0.29) is 5.91 Å². The summed E-state index contributed by atoms with van der Waals surface area (Å²) >= 11 is 0. The highest BCUT2D eigenvalue weighted by Gasteiger charge is 2.24. The van der Waals surface area contributed by atoms with Crippen molar-refractivity contribution >= 4 is 5.91 Å². The summed E-state index contributed by atoms with van der Waals surface area (Å²) < 4.78 is 21.6. The van der Waals surface area contributed by atoms with Crippen molar-refractivity contribution in [1.82, 2.24) is 9.80 Å². The molecule has 2 aromatic rings. The summed E-state index contributed by atoms with van der Waals surface area (Å²) in [6.45, 7) is 4.24. The average Bonchev–Trinajstić information content (AvgIpc) is 2.79. The molecule has 0 saturated carbocycles. The van der Waals surface area contributed by atoms with Crippen molar-refractivity contribution in [2.75, 3.05) is 54.6 Å². The Bertz CT molecular complexity index is 845. The maximum absolute atomic E-state index is 12.8. The fourth-order valence-electron chi connectivity index (χ4n) is 3.73. The lowest BCUT2D eigenvalue weighted by Crippen LogP contribution is -2.48. The smallest absolute Gasteiger partial charge is 0.253 e. The average molecular weight is 415 g/mol. The minimum Gasteiger partial charge on any atom is -0.493 e. The zero-order chi connectivity index (χ0) is 21.5. The van der Waals surface area contributed by atoms with Crippen molar-refractivity contribution in [2.24, 2.45) is 0 Å². The molecular weight excluding hydrogens is 384 g/mol. The largest absolute Gasteiger partial charge is 0.493 e. The van der Waals surface area contributed by atoms with Crippen LogP contribution < -0.4 is 14.2 Å². The van der Waals surface area contributed by atoms with E-state index in [1.165, 1.54) is 0 Å². The predicted molar refractivity (Wildman–Crippen MR) is 114 cm³/mol. The van der Waals surface area contributed by atoms with Crippen molar-refractivity contribution in [2.45, 2.75) is 13.2 Å². The fraction of sp³-hybridized carbons (Fsp3) is 0.435. The number of amides is 1. The van der Waals surface area contributed by atoms with Gasteiger partial charge in [0.05, 0.1) is 27.9 Å². The first-order valence-corrected chi connectivity index (χ1v) is 9.98. The van der Waals surface area contributed by atoms with E-state index in [4.69, 9.17) is 18.9 Å². The van der Waals surface area contributed by atoms with Gasteiger partial charge in [-0.15, -0.1) is 0 Å². The van der Waals surface area contributed by atoms with Gasteiger partial charge < -0.3 is 23.8 Å². The summed E-state index contributed by atoms with van der Waals surface area (Å²) in [5.41, 5.74) is 2.80. The Hall–Kier alpha value is -2.77. The molecule has 0 atom stereocenters. The van der Waals surface area contributed by atoms with E-state index < -0.39 is 0 Å². The van der Waals surface area contributed by atoms with Gasteiger partial charge in [0.15, 0.2) is 11.5 Å². The van der Waals surface area contributed by atoms with Crippen molar-refractivity contribution in [3.05, 3.63) is 53.1 Å². The number of benzene rings is 2. The van der Waals surface area contributed by atoms with Gasteiger partial charge >= 0.3 is 0 Å². The molecule has 0 bridgehead atoms. The van der Waals surface area contributed by atoms with Crippen LogP contribution in [0.4, 0.5) is 0 Å². The van der Waals surface area contributed by atoms with E-state index in [9.17, 15) is 4.79 Å². The SMILES string of the molecule is COCc1ccc(C(=O)N2CCN(Cc3ccc(OC)c(OC)c3OC)CC2)cc1. The molecule has 0 aromatic heterocycles. The van der Waals surface area contributed by atoms with Crippen LogP contribution in [0, 0.1) is 0 Å². The topological polar surface area (TPSA) is 60.5 Å². The number of rotatable bonds is 8. The van der Waals surface area contributed by atoms with E-state index in [1.54, 1.807) is 28.4 Å². The molecule has 1 saturated heterocycles. The number of hydrogen-bond acceptors (Lipinski definition) is 6. The van der Waals surface area contributed by atoms with E-state index in [0.29, 0.717) is 42.5 Å². The molecule has 1 amide bonds. The van der Waals surface area contributed by atoms with Gasteiger partial charge in [-0.25, -0.2) is 0 Å². The summed E-state index contributed by atoms with van der Waals surface area (Å²) in [6, 6.07) is 11.5. The monoisotopic (exact) mass is 414 g/mol. The number of ether oxygens (including phenoxy) is 4. The second-order valence-electron chi connectivity index (χ2n) is 7.19. The number of carbonyl (C=O) groups is 1. The van der Waals surface area contributed by atoms with Crippen LogP contribution in [-0.4, -0.2) is 70.3 Å². The molecule has 162 valence electrons. The lowest BCUT2D eigenvalue weighted by atomic mass is 10.1. The summed E-state index contributed by atoms with van der Waals surface area (Å²) in [5, 5.41) is 0. The second-order valence-corrected chi connectivity index (χ2v) is 7.19. The molecule has 1 fully saturated rings. The molecule has 2 aromatic carbocycles. The van der Waals surface area contributed by atoms with Crippen LogP contribution in [0.2, 0.25) is 0 Å². The summed E-state index contributed by atoms with van der Waals surface area (Å²) in [7, 11) is 6.51. The van der Waals surface area contributed by atoms with Crippen LogP contribution in [-0.2, 0) is 17.9 Å². The highest BCUT2D eigenvalue weighted by atomic mass is 16.5. The summed E-state index contributed by atoms with van der Waals surface area (Å²) in [6.07, 6.45) is 0. The number of hydrogen-bond donors (Lipinski definition) is 0. The molecule has 0 unspecified atom stereocenters. The molecule has 0 spiro atoms. The van der Waals surface area contributed by atoms with Crippen LogP contribution >= 0.6 is 0 Å². The normalized spacial score (nSPS) is 14.5. The van der Waals surface area contributed by atoms with E-state index in [0.717, 1.165) is 30.8 Å². The first-order chi connectivity index (χ1) is 14.6. The van der Waals surface area contributed by atoms with E-state index >= 15 is 0 Å². The Kier molecular flexibility index (Phi) is 7.54. The van der Waals surface area contributed by atoms with Gasteiger partial charge in [0.2, 0.25) is 5.75 Å². The number of piperazine rings is 1. The van der Waals surface area contributed by atoms with Crippen molar-refractivity contribution in [3.63, 3.8) is 0 Å². The molecule has 1 aliphatic heterocycles. The Balaban J connectivity index is 1.61. The lowest BCUT2D eigenvalue weighted by molar-refractivity contribution is 0.0627. The second kappa shape index (κ2) is 10.3. The lowest BCUT2D eigenvalue weighted by Gasteiger charge is -2.35. The number of carbonyl (C=O) groups excluding carboxylic acids is 1. The van der Waals surface area contributed by atoms with Gasteiger partial charge in [0.25, 0.3) is 5.91 Å². The van der Waals surface area contributed by atoms with E-state index in [2.05, 4.69) is 4.90 Å². The standard InChI is InChI=1S/C23H30N2O5/c1-27-16-17-5-7-18(8-6-17)23(26)25-13-11-24(12-14-25)15-19-9-10-20(28-2)22(30-4)21(19)29-3/h5-10H,11-16H2,1-4H3. The molecule has 7 heteroatoms. The van der Waals surface area contributed by atoms with Crippen molar-refractivity contribution in [3.8, 4) is 17.2 Å². The highest BCUT2D eigenvalue weighted by Crippen LogP contribution is 2.40. The molecule has 0 N–H and O–H groups in total. The van der Waals surface area contributed by atoms with Crippen LogP contribution in [0.3, 0.4) is 0 Å². The van der Waals surface area contributed by atoms with Crippen molar-refractivity contribution in [1.29, 1.82) is 0 Å². The third-order valence-electron chi connectivity index (χ3n) is 5.35. The third-order valence-corrected chi connectivity index (χ3v) is 5.35. The minimum atomic E-state index is 0.0716. The van der Waals surface area contributed by atoms with Gasteiger partial charge in [-0.2, -0.15) is 0 Å². The molecule has 1 heterocycles. The third kappa shape index (κ3) is 4.86. The van der Waals surface area contributed by atoms with Gasteiger partial charge in [-0.05, 0) is 23.8 Å². The van der Waals surface area contributed by atoms with Crippen LogP contribution in [0.15, 0.2) is 36.4 Å². The summed E-state index contributed by atoms with van der Waals surface area (Å²) in [4.78, 5) is 17.0. The fourth-order valence-corrected chi connectivity index (χ4v) is 3.73. The first-order valence-electron chi connectivity index (χ1n) is 9.98. The summed E-state index contributed by atoms with van der Waals surface area (Å²) in [5.74, 6) is 2.00. The van der Waals surface area contributed by atoms with Crippen molar-refractivity contribution < 1.29 is 23.7 Å². The Morgan fingerprint density at radius 3 is 2.07 bits per heavy atom. The zero-order valence-corrected chi connectivity index (χ0v) is 18.1. The van der Waals surface area contributed by atoms with Gasteiger partial charge in [0, 0.05) is 51.0 Å². The van der Waals surface area contributed by atoms with Crippen LogP contribution in [0.25, 0.3) is 0 Å². The minimum absolute atomic E-state index is 0.0716. The maximum atomic E-state index is 12.8. The molecular formula is C23H30N2O5. The molecule has 0 radical (unpaired) electrons. The highest BCUT2D eigenvalue weighted by molar-refractivity contribution is 5.94. The molecule has 1 aliphatic rings. The van der Waals surface area contributed by atoms with Gasteiger partial charge in [-0.3, -0.25) is 9.69 Å². The van der Waals surface area contributed by atoms with Crippen LogP contribution in [0.5, 0.6) is 17.2 Å². The Labute approximate surface area is 178 Å². The Morgan fingerprint density at radius 1 is 0.833 bits per heavy atom. The van der Waals surface area contributed by atoms with Crippen LogP contribution in [0.1, 0.15) is 21.5 Å². The molecule has 30 heavy (non-hydrogen) atoms. The first kappa shape index (κ1) is 21.9. The number of nitrogens with zero attached hydrogens (tertiary/aromatic N) is 2. The predicted octanol–water partition coefficient (Wildman–Crippen LogP) is 2.82. The quantitative estimate of drug-likeness (QED) is 0.662. The van der Waals surface area contributed by atoms with E-state index in [1.807, 2.05) is 41.3 Å². The maximum Gasteiger partial charge on any atom is 0.253 e.